The monoisotopic (exact) mass is 413 g/mol. The van der Waals surface area contributed by atoms with Gasteiger partial charge in [0.05, 0.1) is 18.0 Å². The van der Waals surface area contributed by atoms with Crippen LogP contribution >= 0.6 is 0 Å². The number of para-hydroxylation sites is 2. The Balaban J connectivity index is 1.43. The van der Waals surface area contributed by atoms with E-state index in [-0.39, 0.29) is 11.6 Å². The number of anilines is 1. The number of imidazole rings is 1. The van der Waals surface area contributed by atoms with Crippen LogP contribution in [0, 0.1) is 6.92 Å². The molecule has 1 amide bonds. The van der Waals surface area contributed by atoms with Crippen molar-refractivity contribution in [2.75, 3.05) is 11.9 Å². The second kappa shape index (κ2) is 9.17. The zero-order valence-corrected chi connectivity index (χ0v) is 17.2. The first-order chi connectivity index (χ1) is 15.1. The highest BCUT2D eigenvalue weighted by Crippen LogP contribution is 2.25. The highest BCUT2D eigenvalue weighted by molar-refractivity contribution is 6.05. The Kier molecular flexibility index (Phi) is 5.98. The molecule has 6 heteroatoms. The Labute approximate surface area is 180 Å². The molecular formula is C25H23N3O3. The van der Waals surface area contributed by atoms with Gasteiger partial charge in [-0.1, -0.05) is 42.5 Å². The van der Waals surface area contributed by atoms with Crippen molar-refractivity contribution >= 4 is 11.6 Å². The minimum Gasteiger partial charge on any atom is -0.491 e. The second-order valence-corrected chi connectivity index (χ2v) is 7.15. The number of nitrogens with zero attached hydrogens (tertiary/aromatic N) is 1. The zero-order valence-electron chi connectivity index (χ0n) is 17.2. The van der Waals surface area contributed by atoms with Gasteiger partial charge in [0.2, 0.25) is 0 Å². The molecule has 4 aromatic rings. The highest BCUT2D eigenvalue weighted by atomic mass is 16.5. The van der Waals surface area contributed by atoms with Crippen molar-refractivity contribution in [3.8, 4) is 11.4 Å². The molecule has 0 aliphatic rings. The maximum atomic E-state index is 12.8. The molecule has 4 rings (SSSR count). The van der Waals surface area contributed by atoms with E-state index in [4.69, 9.17) is 4.74 Å². The Morgan fingerprint density at radius 2 is 1.68 bits per heavy atom. The molecule has 6 nitrogen and oxygen atoms in total. The summed E-state index contributed by atoms with van der Waals surface area (Å²) in [6, 6.07) is 24.4. The third-order valence-corrected chi connectivity index (χ3v) is 4.97. The Morgan fingerprint density at radius 3 is 2.39 bits per heavy atom. The lowest BCUT2D eigenvalue weighted by atomic mass is 10.1. The minimum absolute atomic E-state index is 0.212. The molecule has 3 aromatic carbocycles. The van der Waals surface area contributed by atoms with Gasteiger partial charge < -0.3 is 15.0 Å². The number of amides is 1. The van der Waals surface area contributed by atoms with Gasteiger partial charge >= 0.3 is 5.69 Å². The molecule has 0 atom stereocenters. The van der Waals surface area contributed by atoms with E-state index in [1.165, 1.54) is 5.56 Å². The van der Waals surface area contributed by atoms with E-state index in [1.54, 1.807) is 35.0 Å². The molecule has 0 saturated carbocycles. The first-order valence-electron chi connectivity index (χ1n) is 10.1. The molecule has 0 radical (unpaired) electrons. The van der Waals surface area contributed by atoms with Crippen LogP contribution in [-0.4, -0.2) is 22.1 Å². The summed E-state index contributed by atoms with van der Waals surface area (Å²) in [7, 11) is 0. The largest absolute Gasteiger partial charge is 0.491 e. The molecule has 0 saturated heterocycles. The number of carbonyl (C=O) groups is 1. The lowest BCUT2D eigenvalue weighted by Gasteiger charge is -2.13. The Hall–Kier alpha value is -4.06. The third-order valence-electron chi connectivity index (χ3n) is 4.97. The van der Waals surface area contributed by atoms with Crippen molar-refractivity contribution in [2.45, 2.75) is 13.3 Å². The van der Waals surface area contributed by atoms with Crippen LogP contribution in [0.1, 0.15) is 21.6 Å². The van der Waals surface area contributed by atoms with Crippen molar-refractivity contribution in [3.05, 3.63) is 112 Å². The number of H-pyrrole nitrogens is 1. The molecule has 2 N–H and O–H groups in total. The number of aromatic amines is 1. The summed E-state index contributed by atoms with van der Waals surface area (Å²) in [4.78, 5) is 27.3. The van der Waals surface area contributed by atoms with E-state index >= 15 is 0 Å². The van der Waals surface area contributed by atoms with E-state index in [2.05, 4.69) is 22.4 Å². The van der Waals surface area contributed by atoms with E-state index < -0.39 is 0 Å². The SMILES string of the molecule is Cc1c[nH]c(=O)n1-c1ccc(C(=O)Nc2ccccc2OCCc2ccccc2)cc1. The second-order valence-electron chi connectivity index (χ2n) is 7.15. The molecule has 0 spiro atoms. The van der Waals surface area contributed by atoms with Gasteiger partial charge in [-0.15, -0.1) is 0 Å². The molecule has 156 valence electrons. The van der Waals surface area contributed by atoms with Crippen molar-refractivity contribution in [1.82, 2.24) is 9.55 Å². The van der Waals surface area contributed by atoms with Crippen molar-refractivity contribution < 1.29 is 9.53 Å². The topological polar surface area (TPSA) is 76.1 Å². The number of aromatic nitrogens is 2. The predicted octanol–water partition coefficient (Wildman–Crippen LogP) is 4.35. The number of carbonyl (C=O) groups excluding carboxylic acids is 1. The summed E-state index contributed by atoms with van der Waals surface area (Å²) in [5, 5.41) is 2.91. The maximum Gasteiger partial charge on any atom is 0.330 e. The molecular weight excluding hydrogens is 390 g/mol. The summed E-state index contributed by atoms with van der Waals surface area (Å²) in [6.07, 6.45) is 2.43. The van der Waals surface area contributed by atoms with Crippen LogP contribution in [-0.2, 0) is 6.42 Å². The van der Waals surface area contributed by atoms with Crippen LogP contribution < -0.4 is 15.7 Å². The van der Waals surface area contributed by atoms with E-state index in [1.807, 2.05) is 49.4 Å². The zero-order chi connectivity index (χ0) is 21.6. The van der Waals surface area contributed by atoms with Crippen LogP contribution in [0.3, 0.4) is 0 Å². The minimum atomic E-state index is -0.246. The quantitative estimate of drug-likeness (QED) is 0.473. The molecule has 0 aliphatic carbocycles. The maximum absolute atomic E-state index is 12.8. The van der Waals surface area contributed by atoms with Gasteiger partial charge in [0, 0.05) is 23.9 Å². The van der Waals surface area contributed by atoms with E-state index in [9.17, 15) is 9.59 Å². The summed E-state index contributed by atoms with van der Waals surface area (Å²) in [5.41, 5.74) is 3.58. The fourth-order valence-corrected chi connectivity index (χ4v) is 3.35. The number of benzene rings is 3. The Bertz CT molecular complexity index is 1220. The lowest BCUT2D eigenvalue weighted by molar-refractivity contribution is 0.102. The van der Waals surface area contributed by atoms with Crippen LogP contribution in [0.5, 0.6) is 5.75 Å². The standard InChI is InChI=1S/C25H23N3O3/c1-18-17-26-25(30)28(18)21-13-11-20(12-14-21)24(29)27-22-9-5-6-10-23(22)31-16-15-19-7-3-2-4-8-19/h2-14,17H,15-16H2,1H3,(H,26,30)(H,27,29). The van der Waals surface area contributed by atoms with Gasteiger partial charge in [0.1, 0.15) is 5.75 Å². The first kappa shape index (κ1) is 20.2. The predicted molar refractivity (Wildman–Crippen MR) is 121 cm³/mol. The number of aryl methyl sites for hydroxylation is 1. The molecule has 0 fully saturated rings. The summed E-state index contributed by atoms with van der Waals surface area (Å²) in [6.45, 7) is 2.35. The molecule has 1 heterocycles. The molecule has 0 aliphatic heterocycles. The highest BCUT2D eigenvalue weighted by Gasteiger charge is 2.11. The van der Waals surface area contributed by atoms with Crippen LogP contribution in [0.15, 0.2) is 89.9 Å². The lowest BCUT2D eigenvalue weighted by Crippen LogP contribution is -2.17. The smallest absolute Gasteiger partial charge is 0.330 e. The number of rotatable bonds is 7. The number of hydrogen-bond acceptors (Lipinski definition) is 3. The van der Waals surface area contributed by atoms with Crippen LogP contribution in [0.25, 0.3) is 5.69 Å². The van der Waals surface area contributed by atoms with Crippen molar-refractivity contribution in [1.29, 1.82) is 0 Å². The van der Waals surface area contributed by atoms with Gasteiger partial charge in [0.15, 0.2) is 0 Å². The van der Waals surface area contributed by atoms with E-state index in [0.29, 0.717) is 29.3 Å². The Morgan fingerprint density at radius 1 is 0.968 bits per heavy atom. The van der Waals surface area contributed by atoms with E-state index in [0.717, 1.165) is 12.1 Å². The fourth-order valence-electron chi connectivity index (χ4n) is 3.35. The number of hydrogen-bond donors (Lipinski definition) is 2. The third kappa shape index (κ3) is 4.75. The van der Waals surface area contributed by atoms with Gasteiger partial charge in [0.25, 0.3) is 5.91 Å². The fraction of sp³-hybridized carbons (Fsp3) is 0.120. The summed E-state index contributed by atoms with van der Waals surface area (Å²) in [5.74, 6) is 0.377. The number of nitrogens with one attached hydrogen (secondary N) is 2. The molecule has 1 aromatic heterocycles. The normalized spacial score (nSPS) is 10.6. The van der Waals surface area contributed by atoms with Gasteiger partial charge in [-0.05, 0) is 48.9 Å². The molecule has 0 unspecified atom stereocenters. The van der Waals surface area contributed by atoms with Crippen LogP contribution in [0.4, 0.5) is 5.69 Å². The van der Waals surface area contributed by atoms with Gasteiger partial charge in [-0.2, -0.15) is 0 Å². The molecule has 31 heavy (non-hydrogen) atoms. The van der Waals surface area contributed by atoms with Crippen LogP contribution in [0.2, 0.25) is 0 Å². The average molecular weight is 413 g/mol. The summed E-state index contributed by atoms with van der Waals surface area (Å²) < 4.78 is 7.47. The molecule has 0 bridgehead atoms. The summed E-state index contributed by atoms with van der Waals surface area (Å²) >= 11 is 0. The van der Waals surface area contributed by atoms with Crippen molar-refractivity contribution in [3.63, 3.8) is 0 Å². The van der Waals surface area contributed by atoms with Gasteiger partial charge in [-0.25, -0.2) is 4.79 Å². The van der Waals surface area contributed by atoms with Gasteiger partial charge in [-0.3, -0.25) is 9.36 Å². The first-order valence-corrected chi connectivity index (χ1v) is 10.1. The number of ether oxygens (including phenoxy) is 1. The van der Waals surface area contributed by atoms with Crippen molar-refractivity contribution in [2.24, 2.45) is 0 Å². The average Bonchev–Trinajstić information content (AvgIpc) is 3.13.